The van der Waals surface area contributed by atoms with Crippen LogP contribution in [-0.2, 0) is 68.8 Å². The van der Waals surface area contributed by atoms with E-state index in [0.29, 0.717) is 94.1 Å². The predicted octanol–water partition coefficient (Wildman–Crippen LogP) is 19.4. The van der Waals surface area contributed by atoms with E-state index in [4.69, 9.17) is 29.0 Å². The van der Waals surface area contributed by atoms with Gasteiger partial charge in [-0.25, -0.2) is 84.9 Å². The van der Waals surface area contributed by atoms with Gasteiger partial charge in [0.25, 0.3) is 0 Å². The summed E-state index contributed by atoms with van der Waals surface area (Å²) in [7, 11) is 0. The minimum atomic E-state index is -1.09. The summed E-state index contributed by atoms with van der Waals surface area (Å²) in [5.74, 6) is 1.11. The number of nitrogens with zero attached hydrogens (tertiary/aromatic N) is 12. The summed E-state index contributed by atoms with van der Waals surface area (Å²) >= 11 is 0. The van der Waals surface area contributed by atoms with Gasteiger partial charge >= 0.3 is 70.7 Å². The van der Waals surface area contributed by atoms with Crippen molar-refractivity contribution in [3.8, 4) is 0 Å². The fourth-order valence-corrected chi connectivity index (χ4v) is 15.3. The van der Waals surface area contributed by atoms with Crippen LogP contribution in [0, 0.1) is 71.0 Å². The van der Waals surface area contributed by atoms with Crippen LogP contribution < -0.4 is 66.0 Å². The quantitative estimate of drug-likeness (QED) is 0.0155. The molecule has 7 unspecified atom stereocenters. The Balaban J connectivity index is 0.00000139. The molecule has 0 radical (unpaired) electrons. The molecule has 0 aromatic carbocycles. The van der Waals surface area contributed by atoms with Crippen LogP contribution in [-0.4, -0.2) is 111 Å². The fraction of sp³-hybridized carbons (Fsp3) is 0.811. The molecule has 750 valence electrons. The molecule has 36 heteroatoms. The average Bonchev–Trinajstić information content (AvgIpc) is 0.787. The van der Waals surface area contributed by atoms with E-state index in [2.05, 4.69) is 146 Å². The molecule has 2 heterocycles. The lowest BCUT2D eigenvalue weighted by atomic mass is 9.87. The number of unbranched alkanes of at least 4 members (excludes halogenated alkanes) is 18. The summed E-state index contributed by atoms with van der Waals surface area (Å²) in [5, 5.41) is 39.9. The summed E-state index contributed by atoms with van der Waals surface area (Å²) in [6.45, 7) is 46.9. The van der Waals surface area contributed by atoms with Gasteiger partial charge in [-0.15, -0.1) is 0 Å². The molecule has 131 heavy (non-hydrogen) atoms. The van der Waals surface area contributed by atoms with E-state index in [1.54, 1.807) is 0 Å². The van der Waals surface area contributed by atoms with Crippen molar-refractivity contribution in [3.05, 3.63) is 62.9 Å². The second kappa shape index (κ2) is 69.3. The Morgan fingerprint density at radius 1 is 0.229 bits per heavy atom. The monoisotopic (exact) mass is 1850 g/mol. The molecular formula is C95H172N18O18. The molecule has 6 amide bonds. The van der Waals surface area contributed by atoms with Crippen LogP contribution in [0.5, 0.6) is 0 Å². The lowest BCUT2D eigenvalue weighted by molar-refractivity contribution is 0.143. The van der Waals surface area contributed by atoms with Crippen LogP contribution in [0.2, 0.25) is 0 Å². The highest BCUT2D eigenvalue weighted by atomic mass is 16.7. The first-order valence-electron chi connectivity index (χ1n) is 49.4. The zero-order valence-electron chi connectivity index (χ0n) is 84.6. The maximum Gasteiger partial charge on any atom is 0.434 e. The third-order valence-corrected chi connectivity index (χ3v) is 23.4. The number of hydrogen-bond donors (Lipinski definition) is 6. The van der Waals surface area contributed by atoms with Crippen LogP contribution in [0.3, 0.4) is 0 Å². The Bertz CT molecular complexity index is 4060. The summed E-state index contributed by atoms with van der Waals surface area (Å²) < 4.78 is 4.49. The number of nitrogens with one attached hydrogen (secondary N) is 6. The molecule has 6 N–H and O–H groups in total. The van der Waals surface area contributed by atoms with Gasteiger partial charge in [-0.2, -0.15) is 0 Å². The van der Waals surface area contributed by atoms with Crippen molar-refractivity contribution < 1.29 is 57.8 Å². The average molecular weight is 1850 g/mol. The van der Waals surface area contributed by atoms with Crippen molar-refractivity contribution in [3.63, 3.8) is 0 Å². The van der Waals surface area contributed by atoms with Gasteiger partial charge in [-0.05, 0) is 142 Å². The molecule has 36 nitrogen and oxygen atoms in total. The third kappa shape index (κ3) is 47.6. The summed E-state index contributed by atoms with van der Waals surface area (Å²) in [4.78, 5) is 189. The van der Waals surface area contributed by atoms with Crippen LogP contribution in [0.25, 0.3) is 0 Å². The Hall–Kier alpha value is -9.54. The van der Waals surface area contributed by atoms with Crippen molar-refractivity contribution >= 4 is 70.8 Å². The molecule has 0 saturated heterocycles. The molecular weight excluding hydrogens is 1680 g/mol. The minimum absolute atomic E-state index is 0.00761. The third-order valence-electron chi connectivity index (χ3n) is 23.4. The fourth-order valence-electron chi connectivity index (χ4n) is 15.3. The maximum atomic E-state index is 14.0. The highest BCUT2D eigenvalue weighted by Gasteiger charge is 2.27. The van der Waals surface area contributed by atoms with E-state index in [1.807, 2.05) is 83.1 Å². The molecule has 2 rings (SSSR count). The van der Waals surface area contributed by atoms with E-state index < -0.39 is 97.4 Å². The Morgan fingerprint density at radius 3 is 0.626 bits per heavy atom. The lowest BCUT2D eigenvalue weighted by Crippen LogP contribution is -2.57. The van der Waals surface area contributed by atoms with E-state index in [0.717, 1.165) is 193 Å². The molecule has 0 saturated carbocycles. The highest BCUT2D eigenvalue weighted by molar-refractivity contribution is 5.91. The first kappa shape index (κ1) is 119. The van der Waals surface area contributed by atoms with Gasteiger partial charge in [-0.1, -0.05) is 338 Å². The zero-order valence-corrected chi connectivity index (χ0v) is 84.6. The molecule has 0 spiro atoms. The summed E-state index contributed by atoms with van der Waals surface area (Å²) in [5.41, 5.74) is -1.38. The van der Waals surface area contributed by atoms with Gasteiger partial charge in [-0.3, -0.25) is 29.0 Å². The van der Waals surface area contributed by atoms with Crippen LogP contribution in [0.4, 0.5) is 28.8 Å². The van der Waals surface area contributed by atoms with E-state index in [9.17, 15) is 57.5 Å². The number of aromatic nitrogens is 6. The van der Waals surface area contributed by atoms with Crippen molar-refractivity contribution in [2.75, 3.05) is 13.1 Å². The molecule has 0 fully saturated rings. The minimum Gasteiger partial charge on any atom is -0.320 e. The number of rotatable bonds is 65. The Kier molecular flexibility index (Phi) is 63.2. The molecule has 0 aliphatic carbocycles. The van der Waals surface area contributed by atoms with E-state index >= 15 is 0 Å². The van der Waals surface area contributed by atoms with Crippen LogP contribution >= 0.6 is 0 Å². The van der Waals surface area contributed by atoms with Gasteiger partial charge in [0.2, 0.25) is 0 Å². The maximum absolute atomic E-state index is 14.0. The van der Waals surface area contributed by atoms with Crippen molar-refractivity contribution in [2.45, 2.75) is 418 Å². The smallest absolute Gasteiger partial charge is 0.320 e. The topological polar surface area (TPSA) is 436 Å². The molecule has 0 aliphatic rings. The van der Waals surface area contributed by atoms with Crippen LogP contribution in [0.15, 0.2) is 59.7 Å². The molecule has 2 aromatic rings. The normalized spacial score (nSPS) is 13.0. The number of oxime groups is 6. The molecule has 0 bridgehead atoms. The van der Waals surface area contributed by atoms with Crippen molar-refractivity contribution in [2.24, 2.45) is 102 Å². The van der Waals surface area contributed by atoms with Gasteiger partial charge in [0.1, 0.15) is 26.7 Å². The van der Waals surface area contributed by atoms with Crippen LogP contribution in [0.1, 0.15) is 378 Å². The first-order chi connectivity index (χ1) is 62.3. The Morgan fingerprint density at radius 2 is 0.420 bits per heavy atom. The van der Waals surface area contributed by atoms with Crippen molar-refractivity contribution in [1.29, 1.82) is 0 Å². The summed E-state index contributed by atoms with van der Waals surface area (Å²) in [6.07, 6.45) is 25.0. The van der Waals surface area contributed by atoms with E-state index in [-0.39, 0.29) is 84.1 Å². The number of carbonyl (C=O) groups excluding carboxylic acids is 6. The number of hydrogen-bond acceptors (Lipinski definition) is 24. The standard InChI is InChI=1S/C59H109N9O9.C36H63N9O9/c1-13-19-27-35-45(7)51(46(8)36-28-20-14-2)63-75-54(69)60-41-33-25-26-34-42-66-57(72)67(43-61-55(70)76-64-52(47(9)37-29-21-15-3)48(10)38-30-22-16-4)59(74)68(58(66)73)44-62-56(71)77-65-53(49(11)39-31-23-17-5)50(12)40-32-24-18-6;1-13-27(12)30(26(10)11)42-54-33(48)39-21-45-35(50)43(19-17-15-14-16-18-37-31(46)52-40-28(22(2)3)23(4)5)34(49)44(36(45)51)20-38-32(47)53-41-29(24(6)7)25(8)9/h45-50H,13-44H2,1-12H3,(H,60,69)(H,61,70)(H,62,71);22-27H,13-21H2,1-12H3,(H,37,46)(H,38,47)(H,39,48)/b;42-30-. The lowest BCUT2D eigenvalue weighted by Gasteiger charge is -2.20. The summed E-state index contributed by atoms with van der Waals surface area (Å²) in [6, 6.07) is 0. The first-order valence-corrected chi connectivity index (χ1v) is 49.4. The highest BCUT2D eigenvalue weighted by Crippen LogP contribution is 2.25. The van der Waals surface area contributed by atoms with Gasteiger partial charge in [0.05, 0.1) is 34.3 Å². The second-order valence-electron chi connectivity index (χ2n) is 36.6. The molecule has 0 aliphatic heterocycles. The number of amides is 6. The SMILES string of the molecule is CCC(C)/C(=N\OC(=O)NCn1c(=O)n(CCCCCCNC(=O)ON=C(C(C)C)C(C)C)c(=O)n(CNC(=O)ON=C(C(C)C)C(C)C)c1=O)C(C)C.CCCCCC(C)C(=NOC(=O)NCCCCCCn1c(=O)n(CNC(=O)ON=C(C(C)CCCCC)C(C)CCCCC)c(=O)n(CNC(=O)ON=C(C(C)CCCCC)C(C)CCCCC)c1=O)C(C)CCCCC. The van der Waals surface area contributed by atoms with Gasteiger partial charge in [0.15, 0.2) is 0 Å². The van der Waals surface area contributed by atoms with Gasteiger partial charge < -0.3 is 31.9 Å². The Labute approximate surface area is 780 Å². The van der Waals surface area contributed by atoms with Crippen molar-refractivity contribution in [1.82, 2.24) is 59.3 Å². The molecule has 2 aromatic heterocycles. The van der Waals surface area contributed by atoms with Gasteiger partial charge in [0, 0.05) is 26.2 Å². The zero-order chi connectivity index (χ0) is 98.5. The molecule has 7 atom stereocenters. The second-order valence-corrected chi connectivity index (χ2v) is 36.6. The number of carbonyl (C=O) groups is 6. The largest absolute Gasteiger partial charge is 0.434 e. The predicted molar refractivity (Wildman–Crippen MR) is 521 cm³/mol. The van der Waals surface area contributed by atoms with E-state index in [1.165, 1.54) is 0 Å².